The summed E-state index contributed by atoms with van der Waals surface area (Å²) in [7, 11) is 3.44. The van der Waals surface area contributed by atoms with Crippen molar-refractivity contribution in [3.05, 3.63) is 36.2 Å². The van der Waals surface area contributed by atoms with Crippen LogP contribution in [0.1, 0.15) is 30.1 Å². The number of aromatic nitrogens is 2. The van der Waals surface area contributed by atoms with E-state index in [0.29, 0.717) is 28.6 Å². The Morgan fingerprint density at radius 3 is 2.80 bits per heavy atom. The number of para-hydroxylation sites is 1. The maximum Gasteiger partial charge on any atom is 0.273 e. The molecule has 1 aromatic carbocycles. The van der Waals surface area contributed by atoms with Crippen molar-refractivity contribution >= 4 is 23.2 Å². The first kappa shape index (κ1) is 18.3. The van der Waals surface area contributed by atoms with Gasteiger partial charge in [0.2, 0.25) is 0 Å². The first-order valence-corrected chi connectivity index (χ1v) is 8.09. The number of hydrogen-bond acceptors (Lipinski definition) is 7. The summed E-state index contributed by atoms with van der Waals surface area (Å²) in [6.45, 7) is 2.96. The maximum atomic E-state index is 12.3. The Morgan fingerprint density at radius 2 is 2.08 bits per heavy atom. The number of unbranched alkanes of at least 4 members (excludes halogenated alkanes) is 1. The molecule has 0 aliphatic heterocycles. The number of nitrogens with zero attached hydrogens (tertiary/aromatic N) is 3. The summed E-state index contributed by atoms with van der Waals surface area (Å²) >= 11 is 0. The van der Waals surface area contributed by atoms with E-state index >= 15 is 0 Å². The number of carbonyl (C=O) groups excluding carboxylic acids is 1. The molecule has 8 heteroatoms. The number of nitrogens with two attached hydrogens (primary N) is 1. The quantitative estimate of drug-likeness (QED) is 0.629. The lowest BCUT2D eigenvalue weighted by Gasteiger charge is -2.20. The van der Waals surface area contributed by atoms with Crippen LogP contribution in [-0.4, -0.2) is 36.6 Å². The van der Waals surface area contributed by atoms with E-state index in [1.165, 1.54) is 13.4 Å². The van der Waals surface area contributed by atoms with Crippen molar-refractivity contribution in [3.63, 3.8) is 0 Å². The number of nitrogen functional groups attached to an aromatic ring is 1. The number of hydrogen-bond donors (Lipinski definition) is 3. The molecular weight excluding hydrogens is 320 g/mol. The maximum absolute atomic E-state index is 12.3. The molecule has 1 amide bonds. The van der Waals surface area contributed by atoms with Gasteiger partial charge in [0.25, 0.3) is 5.91 Å². The monoisotopic (exact) mass is 344 g/mol. The van der Waals surface area contributed by atoms with Gasteiger partial charge in [-0.25, -0.2) is 9.97 Å². The third kappa shape index (κ3) is 4.50. The van der Waals surface area contributed by atoms with Crippen molar-refractivity contribution < 1.29 is 9.53 Å². The van der Waals surface area contributed by atoms with E-state index in [1.807, 2.05) is 11.9 Å². The summed E-state index contributed by atoms with van der Waals surface area (Å²) in [5.74, 6) is 1.10. The minimum absolute atomic E-state index is 0.344. The van der Waals surface area contributed by atoms with Crippen LogP contribution in [0.15, 0.2) is 30.6 Å². The Hall–Kier alpha value is -3.03. The van der Waals surface area contributed by atoms with Gasteiger partial charge < -0.3 is 15.4 Å². The average Bonchev–Trinajstić information content (AvgIpc) is 2.64. The predicted octanol–water partition coefficient (Wildman–Crippen LogP) is 2.06. The minimum atomic E-state index is -0.351. The van der Waals surface area contributed by atoms with E-state index in [2.05, 4.69) is 27.7 Å². The van der Waals surface area contributed by atoms with Crippen LogP contribution in [0.3, 0.4) is 0 Å². The van der Waals surface area contributed by atoms with Crippen molar-refractivity contribution in [3.8, 4) is 5.75 Å². The van der Waals surface area contributed by atoms with E-state index in [1.54, 1.807) is 24.3 Å². The molecule has 4 N–H and O–H groups in total. The Morgan fingerprint density at radius 1 is 1.32 bits per heavy atom. The van der Waals surface area contributed by atoms with Gasteiger partial charge in [-0.1, -0.05) is 25.5 Å². The highest BCUT2D eigenvalue weighted by Crippen LogP contribution is 2.25. The first-order chi connectivity index (χ1) is 12.1. The molecule has 0 fully saturated rings. The second-order valence-corrected chi connectivity index (χ2v) is 5.51. The van der Waals surface area contributed by atoms with E-state index in [9.17, 15) is 4.79 Å². The third-order valence-corrected chi connectivity index (χ3v) is 3.72. The molecule has 0 radical (unpaired) electrons. The normalized spacial score (nSPS) is 10.2. The van der Waals surface area contributed by atoms with Gasteiger partial charge in [0.15, 0.2) is 11.6 Å². The Bertz CT molecular complexity index is 722. The minimum Gasteiger partial charge on any atom is -0.496 e. The molecular formula is C17H24N6O2. The molecule has 0 bridgehead atoms. The highest BCUT2D eigenvalue weighted by molar-refractivity contribution is 5.97. The van der Waals surface area contributed by atoms with Crippen molar-refractivity contribution in [1.82, 2.24) is 15.4 Å². The topological polar surface area (TPSA) is 105 Å². The number of anilines is 3. The summed E-state index contributed by atoms with van der Waals surface area (Å²) < 4.78 is 5.18. The number of nitrogens with one attached hydrogen (secondary N) is 2. The zero-order valence-electron chi connectivity index (χ0n) is 14.7. The van der Waals surface area contributed by atoms with E-state index in [4.69, 9.17) is 10.5 Å². The highest BCUT2D eigenvalue weighted by Gasteiger charge is 2.14. The second-order valence-electron chi connectivity index (χ2n) is 5.51. The second kappa shape index (κ2) is 8.72. The van der Waals surface area contributed by atoms with Crippen molar-refractivity contribution in [2.24, 2.45) is 0 Å². The average molecular weight is 344 g/mol. The van der Waals surface area contributed by atoms with Crippen LogP contribution >= 0.6 is 0 Å². The van der Waals surface area contributed by atoms with Crippen LogP contribution < -0.4 is 26.2 Å². The zero-order valence-corrected chi connectivity index (χ0v) is 14.7. The fraction of sp³-hybridized carbons (Fsp3) is 0.353. The lowest BCUT2D eigenvalue weighted by atomic mass is 10.2. The molecule has 0 aliphatic rings. The molecule has 134 valence electrons. The lowest BCUT2D eigenvalue weighted by molar-refractivity contribution is 0.0959. The van der Waals surface area contributed by atoms with Gasteiger partial charge in [0.05, 0.1) is 12.7 Å². The molecule has 0 spiro atoms. The van der Waals surface area contributed by atoms with Crippen molar-refractivity contribution in [2.75, 3.05) is 36.8 Å². The number of hydrazine groups is 1. The number of carbonyl (C=O) groups is 1. The van der Waals surface area contributed by atoms with Gasteiger partial charge in [-0.3, -0.25) is 15.6 Å². The van der Waals surface area contributed by atoms with Gasteiger partial charge in [-0.05, 0) is 18.6 Å². The number of amides is 1. The van der Waals surface area contributed by atoms with Crippen LogP contribution in [0.2, 0.25) is 0 Å². The van der Waals surface area contributed by atoms with Gasteiger partial charge >= 0.3 is 0 Å². The third-order valence-electron chi connectivity index (χ3n) is 3.72. The molecule has 0 aliphatic carbocycles. The Kier molecular flexibility index (Phi) is 6.39. The molecule has 2 aromatic rings. The van der Waals surface area contributed by atoms with Crippen LogP contribution in [-0.2, 0) is 0 Å². The summed E-state index contributed by atoms with van der Waals surface area (Å²) in [6.07, 6.45) is 3.52. The Balaban J connectivity index is 2.09. The molecule has 25 heavy (non-hydrogen) atoms. The van der Waals surface area contributed by atoms with Crippen molar-refractivity contribution in [2.45, 2.75) is 19.8 Å². The van der Waals surface area contributed by atoms with Crippen LogP contribution in [0, 0.1) is 0 Å². The van der Waals surface area contributed by atoms with Crippen LogP contribution in [0.4, 0.5) is 17.3 Å². The standard InChI is InChI=1S/C17H24N6O2/c1-4-5-10-23(2)16-14(18)15(19-11-20-16)21-22-17(24)12-8-6-7-9-13(12)25-3/h6-9,11H,4-5,10,18H2,1-3H3,(H,22,24)(H,19,20,21). The van der Waals surface area contributed by atoms with E-state index < -0.39 is 0 Å². The number of ether oxygens (including phenoxy) is 1. The molecule has 1 aromatic heterocycles. The fourth-order valence-electron chi connectivity index (χ4n) is 2.31. The molecule has 0 saturated carbocycles. The smallest absolute Gasteiger partial charge is 0.273 e. The highest BCUT2D eigenvalue weighted by atomic mass is 16.5. The molecule has 1 heterocycles. The van der Waals surface area contributed by atoms with E-state index in [0.717, 1.165) is 19.4 Å². The van der Waals surface area contributed by atoms with Gasteiger partial charge in [-0.2, -0.15) is 0 Å². The number of benzene rings is 1. The van der Waals surface area contributed by atoms with Crippen molar-refractivity contribution in [1.29, 1.82) is 0 Å². The lowest BCUT2D eigenvalue weighted by Crippen LogP contribution is -2.31. The largest absolute Gasteiger partial charge is 0.496 e. The van der Waals surface area contributed by atoms with Gasteiger partial charge in [0, 0.05) is 13.6 Å². The SMILES string of the molecule is CCCCN(C)c1ncnc(NNC(=O)c2ccccc2OC)c1N. The number of rotatable bonds is 8. The molecule has 2 rings (SSSR count). The molecule has 0 saturated heterocycles. The van der Waals surface area contributed by atoms with Crippen LogP contribution in [0.5, 0.6) is 5.75 Å². The molecule has 0 unspecified atom stereocenters. The molecule has 8 nitrogen and oxygen atoms in total. The summed E-state index contributed by atoms with van der Waals surface area (Å²) in [5.41, 5.74) is 12.3. The van der Waals surface area contributed by atoms with E-state index in [-0.39, 0.29) is 5.91 Å². The van der Waals surface area contributed by atoms with Gasteiger partial charge in [-0.15, -0.1) is 0 Å². The zero-order chi connectivity index (χ0) is 18.2. The predicted molar refractivity (Wildman–Crippen MR) is 98.7 cm³/mol. The first-order valence-electron chi connectivity index (χ1n) is 8.09. The Labute approximate surface area is 147 Å². The summed E-state index contributed by atoms with van der Waals surface area (Å²) in [5, 5.41) is 0. The fourth-order valence-corrected chi connectivity index (χ4v) is 2.31. The summed E-state index contributed by atoms with van der Waals surface area (Å²) in [4.78, 5) is 22.6. The number of methoxy groups -OCH3 is 1. The summed E-state index contributed by atoms with van der Waals surface area (Å²) in [6, 6.07) is 6.94. The van der Waals surface area contributed by atoms with Crippen LogP contribution in [0.25, 0.3) is 0 Å². The molecule has 0 atom stereocenters. The van der Waals surface area contributed by atoms with Gasteiger partial charge in [0.1, 0.15) is 17.8 Å².